The van der Waals surface area contributed by atoms with Crippen LogP contribution in [0.3, 0.4) is 0 Å². The fraction of sp³-hybridized carbons (Fsp3) is 0.964. The number of hydrogen-bond acceptors (Lipinski definition) is 4. The Labute approximate surface area is 377 Å². The van der Waals surface area contributed by atoms with Gasteiger partial charge in [0.25, 0.3) is 0 Å². The van der Waals surface area contributed by atoms with Crippen LogP contribution in [0.5, 0.6) is 0 Å². The average molecular weight is 847 g/mol. The summed E-state index contributed by atoms with van der Waals surface area (Å²) in [6.45, 7) is 8.18. The van der Waals surface area contributed by atoms with Crippen molar-refractivity contribution in [3.63, 3.8) is 0 Å². The minimum atomic E-state index is 0.0185. The maximum absolute atomic E-state index is 12.1. The molecule has 0 aliphatic rings. The van der Waals surface area contributed by atoms with Crippen molar-refractivity contribution in [1.29, 1.82) is 0 Å². The van der Waals surface area contributed by atoms with Crippen LogP contribution in [-0.4, -0.2) is 25.2 Å². The van der Waals surface area contributed by atoms with Gasteiger partial charge in [-0.25, -0.2) is 0 Å². The molecule has 0 aliphatic carbocycles. The van der Waals surface area contributed by atoms with Gasteiger partial charge in [-0.1, -0.05) is 290 Å². The van der Waals surface area contributed by atoms with Gasteiger partial charge in [0.15, 0.2) is 0 Å². The van der Waals surface area contributed by atoms with Gasteiger partial charge in [0.1, 0.15) is 0 Å². The lowest BCUT2D eigenvalue weighted by molar-refractivity contribution is -0.144. The van der Waals surface area contributed by atoms with E-state index in [2.05, 4.69) is 20.8 Å². The van der Waals surface area contributed by atoms with Crippen LogP contribution in [-0.2, 0) is 19.1 Å². The molecule has 0 bridgehead atoms. The van der Waals surface area contributed by atoms with Gasteiger partial charge in [-0.15, -0.1) is 0 Å². The van der Waals surface area contributed by atoms with Gasteiger partial charge in [-0.05, 0) is 31.6 Å². The Morgan fingerprint density at radius 2 is 0.500 bits per heavy atom. The van der Waals surface area contributed by atoms with E-state index in [1.807, 2.05) is 0 Å². The Hall–Kier alpha value is -1.06. The third kappa shape index (κ3) is 49.6. The van der Waals surface area contributed by atoms with E-state index in [0.717, 1.165) is 31.6 Å². The number of carbonyl (C=O) groups is 2. The Morgan fingerprint density at radius 1 is 0.283 bits per heavy atom. The van der Waals surface area contributed by atoms with Crippen molar-refractivity contribution in [2.45, 2.75) is 329 Å². The maximum atomic E-state index is 12.1. The smallest absolute Gasteiger partial charge is 0.305 e. The summed E-state index contributed by atoms with van der Waals surface area (Å²) in [5, 5.41) is 0. The molecule has 0 saturated carbocycles. The Kier molecular flexibility index (Phi) is 51.4. The summed E-state index contributed by atoms with van der Waals surface area (Å²) in [5.41, 5.74) is 0. The molecule has 4 heteroatoms. The zero-order valence-corrected chi connectivity index (χ0v) is 41.6. The quantitative estimate of drug-likeness (QED) is 0.0452. The summed E-state index contributed by atoms with van der Waals surface area (Å²) < 4.78 is 11.0. The van der Waals surface area contributed by atoms with E-state index in [1.54, 1.807) is 0 Å². The van der Waals surface area contributed by atoms with E-state index in [0.29, 0.717) is 26.1 Å². The molecular weight excluding hydrogens is 737 g/mol. The van der Waals surface area contributed by atoms with Crippen LogP contribution in [0.25, 0.3) is 0 Å². The van der Waals surface area contributed by atoms with E-state index in [-0.39, 0.29) is 11.9 Å². The molecule has 0 aromatic heterocycles. The lowest BCUT2D eigenvalue weighted by Crippen LogP contribution is -2.05. The first-order valence-corrected chi connectivity index (χ1v) is 27.9. The van der Waals surface area contributed by atoms with Gasteiger partial charge in [-0.3, -0.25) is 9.59 Å². The molecule has 358 valence electrons. The van der Waals surface area contributed by atoms with Crippen molar-refractivity contribution in [3.8, 4) is 0 Å². The first kappa shape index (κ1) is 58.9. The van der Waals surface area contributed by atoms with E-state index in [1.165, 1.54) is 270 Å². The number of rotatable bonds is 52. The highest BCUT2D eigenvalue weighted by atomic mass is 16.5. The van der Waals surface area contributed by atoms with Gasteiger partial charge in [0.2, 0.25) is 0 Å². The standard InChI is InChI=1S/C56H110O4/c1-4-7-9-11-13-15-17-19-21-23-25-29-33-37-44-50-55(57)59-52-46-40-35-31-27-28-32-36-42-48-54(6-3)49-43-39-41-47-53-60-56(58)51-45-38-34-30-26-24-22-20-18-16-14-12-10-8-5-2/h54H,4-53H2,1-3H3. The minimum absolute atomic E-state index is 0.0185. The van der Waals surface area contributed by atoms with Crippen LogP contribution in [0.15, 0.2) is 0 Å². The average Bonchev–Trinajstić information content (AvgIpc) is 3.25. The van der Waals surface area contributed by atoms with Crippen LogP contribution < -0.4 is 0 Å². The molecule has 0 aliphatic heterocycles. The highest BCUT2D eigenvalue weighted by Crippen LogP contribution is 2.22. The molecule has 0 fully saturated rings. The van der Waals surface area contributed by atoms with Crippen molar-refractivity contribution < 1.29 is 19.1 Å². The lowest BCUT2D eigenvalue weighted by atomic mass is 9.92. The molecule has 0 radical (unpaired) electrons. The zero-order valence-electron chi connectivity index (χ0n) is 41.6. The second kappa shape index (κ2) is 52.3. The van der Waals surface area contributed by atoms with E-state index in [4.69, 9.17) is 9.47 Å². The number of carbonyl (C=O) groups excluding carboxylic acids is 2. The molecule has 1 unspecified atom stereocenters. The van der Waals surface area contributed by atoms with Gasteiger partial charge >= 0.3 is 11.9 Å². The van der Waals surface area contributed by atoms with E-state index >= 15 is 0 Å². The molecule has 0 saturated heterocycles. The SMILES string of the molecule is CCCCCCCCCCCCCCCCCC(=O)OCCCCCCCCCCCC(CC)CCCCCCOC(=O)CCCCCCCCCCCCCCCCC. The summed E-state index contributed by atoms with van der Waals surface area (Å²) in [5.74, 6) is 0.923. The van der Waals surface area contributed by atoms with Gasteiger partial charge in [0, 0.05) is 12.8 Å². The monoisotopic (exact) mass is 847 g/mol. The molecular formula is C56H110O4. The molecule has 0 heterocycles. The second-order valence-corrected chi connectivity index (χ2v) is 19.3. The Balaban J connectivity index is 3.36. The maximum Gasteiger partial charge on any atom is 0.305 e. The van der Waals surface area contributed by atoms with Crippen molar-refractivity contribution >= 4 is 11.9 Å². The molecule has 0 rings (SSSR count). The van der Waals surface area contributed by atoms with Crippen LogP contribution in [0.1, 0.15) is 329 Å². The summed E-state index contributed by atoms with van der Waals surface area (Å²) in [4.78, 5) is 24.2. The Morgan fingerprint density at radius 3 is 0.750 bits per heavy atom. The Bertz CT molecular complexity index is 826. The van der Waals surface area contributed by atoms with Crippen molar-refractivity contribution in [3.05, 3.63) is 0 Å². The number of unbranched alkanes of at least 4 members (excludes halogenated alkanes) is 39. The lowest BCUT2D eigenvalue weighted by Gasteiger charge is -2.14. The third-order valence-corrected chi connectivity index (χ3v) is 13.3. The molecule has 60 heavy (non-hydrogen) atoms. The highest BCUT2D eigenvalue weighted by Gasteiger charge is 2.08. The van der Waals surface area contributed by atoms with Crippen LogP contribution in [0.4, 0.5) is 0 Å². The first-order valence-electron chi connectivity index (χ1n) is 27.9. The van der Waals surface area contributed by atoms with E-state index in [9.17, 15) is 9.59 Å². The molecule has 0 aromatic carbocycles. The predicted molar refractivity (Wildman–Crippen MR) is 264 cm³/mol. The second-order valence-electron chi connectivity index (χ2n) is 19.3. The summed E-state index contributed by atoms with van der Waals surface area (Å²) >= 11 is 0. The zero-order chi connectivity index (χ0) is 43.5. The molecule has 1 atom stereocenters. The topological polar surface area (TPSA) is 52.6 Å². The van der Waals surface area contributed by atoms with E-state index < -0.39 is 0 Å². The molecule has 0 N–H and O–H groups in total. The number of ether oxygens (including phenoxy) is 2. The number of hydrogen-bond donors (Lipinski definition) is 0. The fourth-order valence-corrected chi connectivity index (χ4v) is 9.01. The summed E-state index contributed by atoms with van der Waals surface area (Å²) in [6, 6.07) is 0. The van der Waals surface area contributed by atoms with Gasteiger partial charge < -0.3 is 9.47 Å². The largest absolute Gasteiger partial charge is 0.466 e. The summed E-state index contributed by atoms with van der Waals surface area (Å²) in [6.07, 6.45) is 62.4. The van der Waals surface area contributed by atoms with Crippen molar-refractivity contribution in [1.82, 2.24) is 0 Å². The molecule has 0 aromatic rings. The number of esters is 2. The third-order valence-electron chi connectivity index (χ3n) is 13.3. The minimum Gasteiger partial charge on any atom is -0.466 e. The van der Waals surface area contributed by atoms with Gasteiger partial charge in [-0.2, -0.15) is 0 Å². The fourth-order valence-electron chi connectivity index (χ4n) is 9.01. The predicted octanol–water partition coefficient (Wildman–Crippen LogP) is 19.5. The molecule has 0 spiro atoms. The van der Waals surface area contributed by atoms with Crippen molar-refractivity contribution in [2.24, 2.45) is 5.92 Å². The first-order chi connectivity index (χ1) is 29.6. The normalized spacial score (nSPS) is 12.0. The van der Waals surface area contributed by atoms with Crippen molar-refractivity contribution in [2.75, 3.05) is 13.2 Å². The summed E-state index contributed by atoms with van der Waals surface area (Å²) in [7, 11) is 0. The molecule has 4 nitrogen and oxygen atoms in total. The van der Waals surface area contributed by atoms with Crippen LogP contribution >= 0.6 is 0 Å². The van der Waals surface area contributed by atoms with Crippen LogP contribution in [0.2, 0.25) is 0 Å². The van der Waals surface area contributed by atoms with Crippen LogP contribution in [0, 0.1) is 5.92 Å². The molecule has 0 amide bonds. The highest BCUT2D eigenvalue weighted by molar-refractivity contribution is 5.69. The van der Waals surface area contributed by atoms with Gasteiger partial charge in [0.05, 0.1) is 13.2 Å².